The van der Waals surface area contributed by atoms with Crippen molar-refractivity contribution in [3.05, 3.63) is 59.4 Å². The van der Waals surface area contributed by atoms with Crippen LogP contribution in [0, 0.1) is 12.8 Å². The summed E-state index contributed by atoms with van der Waals surface area (Å²) in [5, 5.41) is 12.9. The summed E-state index contributed by atoms with van der Waals surface area (Å²) in [6, 6.07) is 14.3. The highest BCUT2D eigenvalue weighted by Crippen LogP contribution is 2.34. The molecule has 0 unspecified atom stereocenters. The second-order valence-electron chi connectivity index (χ2n) is 9.93. The Hall–Kier alpha value is -3.36. The van der Waals surface area contributed by atoms with Crippen molar-refractivity contribution in [2.75, 3.05) is 55.7 Å². The van der Waals surface area contributed by atoms with Crippen molar-refractivity contribution < 1.29 is 4.74 Å². The average molecular weight is 518 g/mol. The molecule has 0 aliphatic carbocycles. The maximum absolute atomic E-state index is 6.28. The highest BCUT2D eigenvalue weighted by Gasteiger charge is 2.24. The molecular formula is C28H32ClN7O. The Morgan fingerprint density at radius 3 is 2.51 bits per heavy atom. The molecule has 8 nitrogen and oxygen atoms in total. The fourth-order valence-corrected chi connectivity index (χ4v) is 5.51. The molecule has 0 saturated carbocycles. The van der Waals surface area contributed by atoms with Crippen molar-refractivity contribution in [1.82, 2.24) is 25.5 Å². The average Bonchev–Trinajstić information content (AvgIpc) is 3.39. The third kappa shape index (κ3) is 5.08. The number of H-pyrrole nitrogens is 1. The maximum atomic E-state index is 6.28. The monoisotopic (exact) mass is 517 g/mol. The van der Waals surface area contributed by atoms with Crippen molar-refractivity contribution in [1.29, 1.82) is 0 Å². The Labute approximate surface area is 222 Å². The number of anilines is 2. The number of halogens is 1. The number of piperidine rings is 1. The fraction of sp³-hybridized carbons (Fsp3) is 0.393. The lowest BCUT2D eigenvalue weighted by Crippen LogP contribution is -2.47. The van der Waals surface area contributed by atoms with E-state index in [1.165, 1.54) is 24.1 Å². The van der Waals surface area contributed by atoms with Crippen LogP contribution >= 0.6 is 11.6 Å². The fourth-order valence-electron chi connectivity index (χ4n) is 5.35. The molecule has 0 spiro atoms. The van der Waals surface area contributed by atoms with Gasteiger partial charge in [0.05, 0.1) is 12.0 Å². The Balaban J connectivity index is 1.19. The van der Waals surface area contributed by atoms with Crippen LogP contribution in [0.25, 0.3) is 22.3 Å². The molecule has 0 amide bonds. The van der Waals surface area contributed by atoms with Crippen LogP contribution in [-0.4, -0.2) is 66.0 Å². The van der Waals surface area contributed by atoms with Gasteiger partial charge in [-0.05, 0) is 80.7 Å². The number of benzene rings is 2. The number of aryl methyl sites for hydroxylation is 1. The molecule has 0 radical (unpaired) electrons. The predicted molar refractivity (Wildman–Crippen MR) is 149 cm³/mol. The first kappa shape index (κ1) is 24.0. The Morgan fingerprint density at radius 1 is 0.973 bits per heavy atom. The van der Waals surface area contributed by atoms with E-state index in [1.807, 2.05) is 18.2 Å². The van der Waals surface area contributed by atoms with E-state index in [4.69, 9.17) is 21.3 Å². The Morgan fingerprint density at radius 2 is 1.73 bits per heavy atom. The van der Waals surface area contributed by atoms with Crippen LogP contribution in [0.5, 0.6) is 5.75 Å². The number of hydrogen-bond acceptors (Lipinski definition) is 7. The van der Waals surface area contributed by atoms with Crippen molar-refractivity contribution in [3.63, 3.8) is 0 Å². The summed E-state index contributed by atoms with van der Waals surface area (Å²) >= 11 is 6.28. The van der Waals surface area contributed by atoms with Gasteiger partial charge in [-0.1, -0.05) is 17.7 Å². The van der Waals surface area contributed by atoms with Gasteiger partial charge >= 0.3 is 0 Å². The Kier molecular flexibility index (Phi) is 6.85. The molecule has 4 heterocycles. The van der Waals surface area contributed by atoms with Crippen LogP contribution in [0.3, 0.4) is 0 Å². The molecule has 9 heteroatoms. The number of nitrogens with one attached hydrogen (secondary N) is 2. The molecule has 2 aromatic carbocycles. The van der Waals surface area contributed by atoms with Crippen LogP contribution in [0.15, 0.2) is 48.8 Å². The normalized spacial score (nSPS) is 16.9. The van der Waals surface area contributed by atoms with Gasteiger partial charge in [0.2, 0.25) is 0 Å². The van der Waals surface area contributed by atoms with Crippen LogP contribution in [0.1, 0.15) is 18.4 Å². The highest BCUT2D eigenvalue weighted by atomic mass is 35.5. The molecule has 4 aromatic rings. The van der Waals surface area contributed by atoms with E-state index in [9.17, 15) is 0 Å². The van der Waals surface area contributed by atoms with Gasteiger partial charge in [-0.25, -0.2) is 9.97 Å². The van der Waals surface area contributed by atoms with E-state index in [0.717, 1.165) is 84.8 Å². The number of hydrogen-bond donors (Lipinski definition) is 2. The third-order valence-corrected chi connectivity index (χ3v) is 7.74. The second-order valence-corrected chi connectivity index (χ2v) is 10.4. The maximum Gasteiger partial charge on any atom is 0.161 e. The van der Waals surface area contributed by atoms with Crippen LogP contribution < -0.4 is 19.9 Å². The molecular weight excluding hydrogens is 486 g/mol. The van der Waals surface area contributed by atoms with E-state index in [1.54, 1.807) is 6.33 Å². The lowest BCUT2D eigenvalue weighted by atomic mass is 9.99. The zero-order chi connectivity index (χ0) is 25.2. The lowest BCUT2D eigenvalue weighted by Gasteiger charge is -2.37. The van der Waals surface area contributed by atoms with Crippen molar-refractivity contribution in [3.8, 4) is 17.0 Å². The summed E-state index contributed by atoms with van der Waals surface area (Å²) in [5.74, 6) is 2.44. The molecule has 0 bridgehead atoms. The minimum Gasteiger partial charge on any atom is -0.493 e. The van der Waals surface area contributed by atoms with Crippen LogP contribution in [-0.2, 0) is 0 Å². The van der Waals surface area contributed by atoms with Crippen LogP contribution in [0.4, 0.5) is 11.5 Å². The predicted octanol–water partition coefficient (Wildman–Crippen LogP) is 4.69. The van der Waals surface area contributed by atoms with Crippen molar-refractivity contribution in [2.45, 2.75) is 19.8 Å². The van der Waals surface area contributed by atoms with E-state index in [0.29, 0.717) is 5.92 Å². The molecule has 6 rings (SSSR count). The molecule has 192 valence electrons. The van der Waals surface area contributed by atoms with E-state index < -0.39 is 0 Å². The molecule has 2 aromatic heterocycles. The number of aromatic nitrogens is 4. The van der Waals surface area contributed by atoms with Crippen molar-refractivity contribution >= 4 is 34.1 Å². The van der Waals surface area contributed by atoms with Gasteiger partial charge in [0.15, 0.2) is 5.65 Å². The molecule has 37 heavy (non-hydrogen) atoms. The number of fused-ring (bicyclic) bond motifs is 1. The SMILES string of the molecule is Cc1ccc(Cl)cc1N1CCN(c2ncnc3[nH]nc(-c4ccc(OCC5CCNCC5)cc4)c23)CC1. The number of nitrogens with zero attached hydrogens (tertiary/aromatic N) is 5. The molecule has 2 saturated heterocycles. The Bertz CT molecular complexity index is 1360. The molecule has 2 aliphatic rings. The first-order chi connectivity index (χ1) is 18.2. The summed E-state index contributed by atoms with van der Waals surface area (Å²) < 4.78 is 6.08. The van der Waals surface area contributed by atoms with Gasteiger partial charge in [-0.2, -0.15) is 5.10 Å². The second kappa shape index (κ2) is 10.6. The summed E-state index contributed by atoms with van der Waals surface area (Å²) in [4.78, 5) is 13.9. The van der Waals surface area contributed by atoms with Gasteiger partial charge < -0.3 is 19.9 Å². The largest absolute Gasteiger partial charge is 0.493 e. The van der Waals surface area contributed by atoms with Crippen LogP contribution in [0.2, 0.25) is 5.02 Å². The van der Waals surface area contributed by atoms with E-state index >= 15 is 0 Å². The zero-order valence-electron chi connectivity index (χ0n) is 21.1. The van der Waals surface area contributed by atoms with E-state index in [2.05, 4.69) is 61.5 Å². The summed E-state index contributed by atoms with van der Waals surface area (Å²) in [7, 11) is 0. The quantitative estimate of drug-likeness (QED) is 0.384. The topological polar surface area (TPSA) is 82.2 Å². The standard InChI is InChI=1S/C28H32ClN7O/c1-19-2-5-22(29)16-24(19)35-12-14-36(15-13-35)28-25-26(33-34-27(25)31-18-32-28)21-3-6-23(7-4-21)37-17-20-8-10-30-11-9-20/h2-7,16,18,20,30H,8-15,17H2,1H3,(H,31,32,33,34). The highest BCUT2D eigenvalue weighted by molar-refractivity contribution is 6.30. The first-order valence-corrected chi connectivity index (χ1v) is 13.4. The molecule has 2 N–H and O–H groups in total. The number of ether oxygens (including phenoxy) is 1. The number of rotatable bonds is 6. The summed E-state index contributed by atoms with van der Waals surface area (Å²) in [5.41, 5.74) is 5.07. The first-order valence-electron chi connectivity index (χ1n) is 13.0. The van der Waals surface area contributed by atoms with Gasteiger partial charge in [0.1, 0.15) is 23.6 Å². The minimum absolute atomic E-state index is 0.624. The molecule has 0 atom stereocenters. The van der Waals surface area contributed by atoms with Crippen molar-refractivity contribution in [2.24, 2.45) is 5.92 Å². The van der Waals surface area contributed by atoms with Gasteiger partial charge in [-0.15, -0.1) is 0 Å². The lowest BCUT2D eigenvalue weighted by molar-refractivity contribution is 0.215. The smallest absolute Gasteiger partial charge is 0.161 e. The third-order valence-electron chi connectivity index (χ3n) is 7.50. The zero-order valence-corrected chi connectivity index (χ0v) is 21.8. The van der Waals surface area contributed by atoms with Gasteiger partial charge in [-0.3, -0.25) is 5.10 Å². The summed E-state index contributed by atoms with van der Waals surface area (Å²) in [6.45, 7) is 8.56. The van der Waals surface area contributed by atoms with Gasteiger partial charge in [0.25, 0.3) is 0 Å². The van der Waals surface area contributed by atoms with Gasteiger partial charge in [0, 0.05) is 42.5 Å². The molecule has 2 aliphatic heterocycles. The van der Waals surface area contributed by atoms with E-state index in [-0.39, 0.29) is 0 Å². The number of aromatic amines is 1. The minimum atomic E-state index is 0.624. The summed E-state index contributed by atoms with van der Waals surface area (Å²) in [6.07, 6.45) is 3.96. The molecule has 2 fully saturated rings. The number of piperazine rings is 1.